The van der Waals surface area contributed by atoms with Crippen LogP contribution in [0.5, 0.6) is 0 Å². The molecule has 0 spiro atoms. The lowest BCUT2D eigenvalue weighted by molar-refractivity contribution is -0.0997. The second-order valence-corrected chi connectivity index (χ2v) is 14.9. The maximum Gasteiger partial charge on any atom is 0.338 e. The van der Waals surface area contributed by atoms with Gasteiger partial charge >= 0.3 is 5.97 Å². The molecule has 2 rings (SSSR count). The summed E-state index contributed by atoms with van der Waals surface area (Å²) in [4.78, 5) is 12.6. The minimum atomic E-state index is -2.17. The van der Waals surface area contributed by atoms with Gasteiger partial charge in [0.1, 0.15) is 11.7 Å². The van der Waals surface area contributed by atoms with Gasteiger partial charge in [0, 0.05) is 6.42 Å². The molecule has 3 atom stereocenters. The summed E-state index contributed by atoms with van der Waals surface area (Å²) in [6.07, 6.45) is 0.787. The molecule has 1 aliphatic carbocycles. The average Bonchev–Trinajstić information content (AvgIpc) is 2.68. The molecule has 6 heteroatoms. The third kappa shape index (κ3) is 4.88. The van der Waals surface area contributed by atoms with Gasteiger partial charge in [0.2, 0.25) is 8.32 Å². The van der Waals surface area contributed by atoms with Crippen LogP contribution in [0.3, 0.4) is 0 Å². The van der Waals surface area contributed by atoms with Crippen molar-refractivity contribution in [1.29, 1.82) is 0 Å². The number of aliphatic hydroxyl groups is 2. The number of hydrogen-bond donors (Lipinski definition) is 2. The van der Waals surface area contributed by atoms with Crippen molar-refractivity contribution in [2.75, 3.05) is 6.61 Å². The van der Waals surface area contributed by atoms with Gasteiger partial charge in [-0.25, -0.2) is 4.79 Å². The van der Waals surface area contributed by atoms with Gasteiger partial charge in [-0.3, -0.25) is 0 Å². The largest absolute Gasteiger partial charge is 0.455 e. The van der Waals surface area contributed by atoms with Crippen molar-refractivity contribution in [3.05, 3.63) is 47.5 Å². The molecule has 0 bridgehead atoms. The van der Waals surface area contributed by atoms with Crippen LogP contribution >= 0.6 is 0 Å². The zero-order valence-corrected chi connectivity index (χ0v) is 20.4. The number of esters is 1. The summed E-state index contributed by atoms with van der Waals surface area (Å²) in [6.45, 7) is 14.8. The highest BCUT2D eigenvalue weighted by molar-refractivity contribution is 6.77. The van der Waals surface area contributed by atoms with Gasteiger partial charge in [0.05, 0.1) is 18.3 Å². The Bertz CT molecular complexity index is 721. The molecule has 168 valence electrons. The number of aliphatic hydroxyl groups excluding tert-OH is 1. The quantitative estimate of drug-likeness (QED) is 0.348. The van der Waals surface area contributed by atoms with Crippen molar-refractivity contribution >= 4 is 14.3 Å². The Morgan fingerprint density at radius 1 is 1.10 bits per heavy atom. The Morgan fingerprint density at radius 2 is 1.63 bits per heavy atom. The van der Waals surface area contributed by atoms with Gasteiger partial charge in [-0.05, 0) is 47.3 Å². The molecule has 0 heterocycles. The monoisotopic (exact) mass is 434 g/mol. The summed E-state index contributed by atoms with van der Waals surface area (Å²) in [5, 5.41) is 20.9. The molecular formula is C24H38O5Si. The first-order chi connectivity index (χ1) is 14.0. The van der Waals surface area contributed by atoms with Crippen molar-refractivity contribution < 1.29 is 24.2 Å². The van der Waals surface area contributed by atoms with E-state index in [2.05, 4.69) is 41.5 Å². The van der Waals surface area contributed by atoms with E-state index in [0.29, 0.717) is 28.6 Å². The lowest BCUT2D eigenvalue weighted by Crippen LogP contribution is -2.56. The van der Waals surface area contributed by atoms with Gasteiger partial charge in [-0.15, -0.1) is 0 Å². The van der Waals surface area contributed by atoms with Crippen LogP contribution < -0.4 is 0 Å². The lowest BCUT2D eigenvalue weighted by Gasteiger charge is -2.47. The highest BCUT2D eigenvalue weighted by Crippen LogP contribution is 2.45. The summed E-state index contributed by atoms with van der Waals surface area (Å²) in [6, 6.07) is 8.70. The van der Waals surface area contributed by atoms with Crippen molar-refractivity contribution in [3.8, 4) is 0 Å². The highest BCUT2D eigenvalue weighted by atomic mass is 28.4. The topological polar surface area (TPSA) is 76.0 Å². The number of carbonyl (C=O) groups excluding carboxylic acids is 1. The minimum absolute atomic E-state index is 0.260. The fourth-order valence-corrected chi connectivity index (χ4v) is 10.6. The molecular weight excluding hydrogens is 396 g/mol. The summed E-state index contributed by atoms with van der Waals surface area (Å²) in [5.74, 6) is -0.515. The molecule has 0 fully saturated rings. The smallest absolute Gasteiger partial charge is 0.338 e. The van der Waals surface area contributed by atoms with E-state index in [4.69, 9.17) is 9.16 Å². The van der Waals surface area contributed by atoms with Crippen LogP contribution in [-0.4, -0.2) is 48.9 Å². The van der Waals surface area contributed by atoms with Crippen molar-refractivity contribution in [1.82, 2.24) is 0 Å². The zero-order chi connectivity index (χ0) is 22.7. The summed E-state index contributed by atoms with van der Waals surface area (Å²) < 4.78 is 12.6. The van der Waals surface area contributed by atoms with Gasteiger partial charge < -0.3 is 19.4 Å². The summed E-state index contributed by atoms with van der Waals surface area (Å²) in [7, 11) is -2.17. The van der Waals surface area contributed by atoms with E-state index in [1.54, 1.807) is 30.3 Å². The Kier molecular flexibility index (Phi) is 8.07. The van der Waals surface area contributed by atoms with Crippen LogP contribution in [0.1, 0.15) is 65.2 Å². The van der Waals surface area contributed by atoms with Crippen LogP contribution in [0.15, 0.2) is 42.0 Å². The van der Waals surface area contributed by atoms with Crippen LogP contribution in [-0.2, 0) is 9.16 Å². The summed E-state index contributed by atoms with van der Waals surface area (Å²) in [5.41, 5.74) is 0.901. The molecule has 0 unspecified atom stereocenters. The Hall–Kier alpha value is -1.47. The number of hydrogen-bond acceptors (Lipinski definition) is 5. The van der Waals surface area contributed by atoms with Gasteiger partial charge in [0.15, 0.2) is 0 Å². The van der Waals surface area contributed by atoms with E-state index in [1.807, 2.05) is 13.0 Å². The normalized spacial score (nSPS) is 25.0. The van der Waals surface area contributed by atoms with Crippen LogP contribution in [0, 0.1) is 0 Å². The van der Waals surface area contributed by atoms with E-state index in [-0.39, 0.29) is 6.10 Å². The third-order valence-electron chi connectivity index (χ3n) is 6.54. The van der Waals surface area contributed by atoms with Crippen LogP contribution in [0.25, 0.3) is 0 Å². The third-order valence-corrected chi connectivity index (χ3v) is 12.6. The Balaban J connectivity index is 2.34. The Morgan fingerprint density at radius 3 is 2.10 bits per heavy atom. The number of benzene rings is 1. The van der Waals surface area contributed by atoms with Crippen LogP contribution in [0.4, 0.5) is 0 Å². The highest BCUT2D eigenvalue weighted by Gasteiger charge is 2.50. The first kappa shape index (κ1) is 24.8. The standard InChI is InChI=1S/C24H38O5Si/c1-16(2)30(17(3)4,18(5)6)29-21-13-22(24(27,15-25)14-19(21)7)28-23(26)20-11-9-8-10-12-20/h8-12,14,16-18,21-22,25,27H,13,15H2,1-7H3/t21-,22-,24+/m1/s1. The lowest BCUT2D eigenvalue weighted by atomic mass is 9.83. The number of ether oxygens (including phenoxy) is 1. The molecule has 0 aromatic heterocycles. The molecule has 1 aromatic rings. The van der Waals surface area contributed by atoms with Crippen molar-refractivity contribution in [3.63, 3.8) is 0 Å². The second-order valence-electron chi connectivity index (χ2n) is 9.46. The summed E-state index contributed by atoms with van der Waals surface area (Å²) >= 11 is 0. The van der Waals surface area contributed by atoms with E-state index < -0.39 is 32.6 Å². The molecule has 1 aliphatic rings. The van der Waals surface area contributed by atoms with E-state index in [9.17, 15) is 15.0 Å². The van der Waals surface area contributed by atoms with Gasteiger partial charge in [-0.2, -0.15) is 0 Å². The average molecular weight is 435 g/mol. The fourth-order valence-electron chi connectivity index (χ4n) is 5.03. The molecule has 0 aliphatic heterocycles. The molecule has 1 aromatic carbocycles. The molecule has 5 nitrogen and oxygen atoms in total. The molecule has 0 amide bonds. The van der Waals surface area contributed by atoms with E-state index in [0.717, 1.165) is 5.57 Å². The molecule has 2 N–H and O–H groups in total. The maximum atomic E-state index is 12.6. The minimum Gasteiger partial charge on any atom is -0.455 e. The van der Waals surface area contributed by atoms with E-state index in [1.165, 1.54) is 0 Å². The molecule has 0 saturated heterocycles. The van der Waals surface area contributed by atoms with Crippen molar-refractivity contribution in [2.24, 2.45) is 0 Å². The predicted molar refractivity (Wildman–Crippen MR) is 122 cm³/mol. The van der Waals surface area contributed by atoms with Gasteiger partial charge in [-0.1, -0.05) is 59.7 Å². The predicted octanol–water partition coefficient (Wildman–Crippen LogP) is 4.85. The first-order valence-electron chi connectivity index (χ1n) is 10.9. The van der Waals surface area contributed by atoms with Crippen LogP contribution in [0.2, 0.25) is 16.6 Å². The number of rotatable bonds is 8. The SMILES string of the molecule is CC1=C[C@](O)(CO)[C@H](OC(=O)c2ccccc2)C[C@H]1O[Si](C(C)C)(C(C)C)C(C)C. The Labute approximate surface area is 182 Å². The first-order valence-corrected chi connectivity index (χ1v) is 13.1. The molecule has 30 heavy (non-hydrogen) atoms. The van der Waals surface area contributed by atoms with Gasteiger partial charge in [0.25, 0.3) is 0 Å². The molecule has 0 radical (unpaired) electrons. The number of carbonyl (C=O) groups is 1. The maximum absolute atomic E-state index is 12.6. The molecule has 0 saturated carbocycles. The second kappa shape index (κ2) is 9.77. The van der Waals surface area contributed by atoms with E-state index >= 15 is 0 Å². The zero-order valence-electron chi connectivity index (χ0n) is 19.4. The fraction of sp³-hybridized carbons (Fsp3) is 0.625. The van der Waals surface area contributed by atoms with Crippen molar-refractivity contribution in [2.45, 2.75) is 89.3 Å².